The highest BCUT2D eigenvalue weighted by Crippen LogP contribution is 2.22. The number of hydrogen-bond acceptors (Lipinski definition) is 5. The molecule has 2 aromatic carbocycles. The molecule has 116 valence electrons. The number of hydrogen-bond donors (Lipinski definition) is 2. The van der Waals surface area contributed by atoms with Gasteiger partial charge in [-0.05, 0) is 36.8 Å². The van der Waals surface area contributed by atoms with Gasteiger partial charge >= 0.3 is 0 Å². The molecule has 1 aromatic heterocycles. The zero-order valence-electron chi connectivity index (χ0n) is 12.4. The molecule has 0 amide bonds. The van der Waals surface area contributed by atoms with E-state index in [1.165, 1.54) is 30.0 Å². The Morgan fingerprint density at radius 3 is 2.87 bits per heavy atom. The molecule has 0 saturated carbocycles. The number of carbonyl (C=O) groups is 1. The Labute approximate surface area is 136 Å². The van der Waals surface area contributed by atoms with Crippen molar-refractivity contribution in [2.24, 2.45) is 0 Å². The Kier molecular flexibility index (Phi) is 4.16. The van der Waals surface area contributed by atoms with Crippen molar-refractivity contribution in [3.05, 3.63) is 63.8 Å². The summed E-state index contributed by atoms with van der Waals surface area (Å²) in [6.07, 6.45) is 0. The van der Waals surface area contributed by atoms with E-state index in [1.54, 1.807) is 6.07 Å². The van der Waals surface area contributed by atoms with Crippen LogP contribution in [-0.4, -0.2) is 26.6 Å². The molecule has 2 N–H and O–H groups in total. The first-order valence-electron chi connectivity index (χ1n) is 6.99. The average molecular weight is 326 g/mol. The van der Waals surface area contributed by atoms with Crippen molar-refractivity contribution in [1.82, 2.24) is 9.97 Å². The van der Waals surface area contributed by atoms with Crippen molar-refractivity contribution in [2.45, 2.75) is 12.1 Å². The summed E-state index contributed by atoms with van der Waals surface area (Å²) in [5.41, 5.74) is 2.33. The minimum Gasteiger partial charge on any atom is -0.504 e. The number of ketones is 1. The van der Waals surface area contributed by atoms with E-state index < -0.39 is 11.2 Å². The first kappa shape index (κ1) is 15.3. The molecular weight excluding hydrogens is 312 g/mol. The van der Waals surface area contributed by atoms with Crippen LogP contribution in [0.5, 0.6) is 5.75 Å². The number of rotatable bonds is 4. The lowest BCUT2D eigenvalue weighted by atomic mass is 10.2. The van der Waals surface area contributed by atoms with E-state index in [1.807, 2.05) is 25.1 Å². The summed E-state index contributed by atoms with van der Waals surface area (Å²) < 4.78 is 0. The molecule has 23 heavy (non-hydrogen) atoms. The van der Waals surface area contributed by atoms with Gasteiger partial charge in [0.25, 0.3) is 0 Å². The van der Waals surface area contributed by atoms with E-state index in [-0.39, 0.29) is 17.1 Å². The second-order valence-corrected chi connectivity index (χ2v) is 6.08. The number of nitrogens with one attached hydrogen (secondary N) is 1. The van der Waals surface area contributed by atoms with Crippen molar-refractivity contribution in [2.75, 3.05) is 5.75 Å². The lowest BCUT2D eigenvalue weighted by Gasteiger charge is -1.99. The number of carbonyl (C=O) groups excluding carboxylic acids is 1. The number of aromatic amines is 1. The van der Waals surface area contributed by atoms with Crippen LogP contribution in [0, 0.1) is 6.92 Å². The van der Waals surface area contributed by atoms with Crippen LogP contribution in [0.2, 0.25) is 0 Å². The number of aromatic nitrogens is 2. The van der Waals surface area contributed by atoms with E-state index in [4.69, 9.17) is 0 Å². The molecule has 0 aliphatic carbocycles. The monoisotopic (exact) mass is 326 g/mol. The predicted molar refractivity (Wildman–Crippen MR) is 90.3 cm³/mol. The van der Waals surface area contributed by atoms with Gasteiger partial charge in [-0.2, -0.15) is 0 Å². The van der Waals surface area contributed by atoms with Gasteiger partial charge in [0.05, 0.1) is 22.3 Å². The average Bonchev–Trinajstić information content (AvgIpc) is 2.85. The molecule has 0 aliphatic rings. The summed E-state index contributed by atoms with van der Waals surface area (Å²) in [6, 6.07) is 11.6. The van der Waals surface area contributed by atoms with Gasteiger partial charge in [-0.1, -0.05) is 30.0 Å². The zero-order valence-corrected chi connectivity index (χ0v) is 13.2. The van der Waals surface area contributed by atoms with Gasteiger partial charge in [0, 0.05) is 0 Å². The topological polar surface area (TPSA) is 83.1 Å². The van der Waals surface area contributed by atoms with E-state index in [0.29, 0.717) is 5.16 Å². The number of Topliss-reactive ketones (excluding diaryl/α,β-unsaturated/α-hetero) is 1. The Morgan fingerprint density at radius 2 is 2.04 bits per heavy atom. The molecule has 1 heterocycles. The summed E-state index contributed by atoms with van der Waals surface area (Å²) in [4.78, 5) is 31.3. The van der Waals surface area contributed by atoms with Gasteiger partial charge in [-0.25, -0.2) is 4.98 Å². The number of thioether (sulfide) groups is 1. The zero-order chi connectivity index (χ0) is 16.4. The molecule has 3 rings (SSSR count). The third-order valence-electron chi connectivity index (χ3n) is 3.37. The SMILES string of the molecule is Cc1ccc2nc(SCC(=O)c3ccccc(=O)c3O)[nH]c2c1. The number of nitrogens with zero attached hydrogens (tertiary/aromatic N) is 1. The minimum absolute atomic E-state index is 0.0273. The minimum atomic E-state index is -0.567. The molecular formula is C17H14N2O3S. The Morgan fingerprint density at radius 1 is 1.26 bits per heavy atom. The van der Waals surface area contributed by atoms with Crippen molar-refractivity contribution in [1.29, 1.82) is 0 Å². The fourth-order valence-electron chi connectivity index (χ4n) is 2.19. The van der Waals surface area contributed by atoms with Crippen LogP contribution in [-0.2, 0) is 0 Å². The number of benzene rings is 1. The molecule has 0 radical (unpaired) electrons. The molecule has 0 saturated heterocycles. The molecule has 0 bridgehead atoms. The molecule has 6 heteroatoms. The van der Waals surface area contributed by atoms with Crippen molar-refractivity contribution >= 4 is 28.6 Å². The van der Waals surface area contributed by atoms with Gasteiger partial charge in [0.2, 0.25) is 5.43 Å². The van der Waals surface area contributed by atoms with E-state index >= 15 is 0 Å². The quantitative estimate of drug-likeness (QED) is 0.569. The maximum Gasteiger partial charge on any atom is 0.220 e. The molecule has 0 spiro atoms. The van der Waals surface area contributed by atoms with Gasteiger partial charge in [-0.15, -0.1) is 0 Å². The summed E-state index contributed by atoms with van der Waals surface area (Å²) in [6.45, 7) is 2.00. The highest BCUT2D eigenvalue weighted by Gasteiger charge is 2.14. The lowest BCUT2D eigenvalue weighted by Crippen LogP contribution is -2.06. The molecule has 0 unspecified atom stereocenters. The standard InChI is InChI=1S/C17H14N2O3S/c1-10-6-7-12-13(8-10)19-17(18-12)23-9-15(21)11-4-2-3-5-14(20)16(11)22/h2-8H,9H2,1H3,(H,18,19)(H,20,22). The first-order valence-corrected chi connectivity index (χ1v) is 7.98. The molecule has 5 nitrogen and oxygen atoms in total. The van der Waals surface area contributed by atoms with Gasteiger partial charge in [-0.3, -0.25) is 9.59 Å². The highest BCUT2D eigenvalue weighted by molar-refractivity contribution is 7.99. The van der Waals surface area contributed by atoms with Crippen molar-refractivity contribution in [3.63, 3.8) is 0 Å². The van der Waals surface area contributed by atoms with Crippen LogP contribution in [0.1, 0.15) is 15.9 Å². The van der Waals surface area contributed by atoms with Gasteiger partial charge < -0.3 is 10.1 Å². The number of imidazole rings is 1. The molecule has 0 atom stereocenters. The largest absolute Gasteiger partial charge is 0.504 e. The maximum atomic E-state index is 12.2. The normalized spacial score (nSPS) is 10.8. The Balaban J connectivity index is 1.80. The maximum absolute atomic E-state index is 12.2. The molecule has 3 aromatic rings. The van der Waals surface area contributed by atoms with Crippen LogP contribution < -0.4 is 5.43 Å². The van der Waals surface area contributed by atoms with Crippen LogP contribution in [0.3, 0.4) is 0 Å². The van der Waals surface area contributed by atoms with Crippen LogP contribution >= 0.6 is 11.8 Å². The van der Waals surface area contributed by atoms with E-state index in [0.717, 1.165) is 16.6 Å². The number of fused-ring (bicyclic) bond motifs is 1. The van der Waals surface area contributed by atoms with E-state index in [2.05, 4.69) is 9.97 Å². The number of aromatic hydroxyl groups is 1. The molecule has 0 aliphatic heterocycles. The van der Waals surface area contributed by atoms with Gasteiger partial charge in [0.1, 0.15) is 0 Å². The van der Waals surface area contributed by atoms with Crippen LogP contribution in [0.15, 0.2) is 52.4 Å². The highest BCUT2D eigenvalue weighted by atomic mass is 32.2. The van der Waals surface area contributed by atoms with Crippen LogP contribution in [0.4, 0.5) is 0 Å². The second-order valence-electron chi connectivity index (χ2n) is 5.12. The van der Waals surface area contributed by atoms with Crippen molar-refractivity contribution < 1.29 is 9.90 Å². The third-order valence-corrected chi connectivity index (χ3v) is 4.24. The number of H-pyrrole nitrogens is 1. The second kappa shape index (κ2) is 6.26. The Hall–Kier alpha value is -2.60. The fraction of sp³-hybridized carbons (Fsp3) is 0.118. The summed E-state index contributed by atoms with van der Waals surface area (Å²) in [7, 11) is 0. The lowest BCUT2D eigenvalue weighted by molar-refractivity contribution is 0.102. The van der Waals surface area contributed by atoms with Gasteiger partial charge in [0.15, 0.2) is 16.7 Å². The predicted octanol–water partition coefficient (Wildman–Crippen LogP) is 2.91. The summed E-state index contributed by atoms with van der Waals surface area (Å²) in [5, 5.41) is 10.4. The smallest absolute Gasteiger partial charge is 0.220 e. The van der Waals surface area contributed by atoms with E-state index in [9.17, 15) is 14.7 Å². The molecule has 0 fully saturated rings. The van der Waals surface area contributed by atoms with Crippen LogP contribution in [0.25, 0.3) is 11.0 Å². The first-order chi connectivity index (χ1) is 11.0. The Bertz CT molecular complexity index is 950. The number of aryl methyl sites for hydroxylation is 1. The fourth-order valence-corrected chi connectivity index (χ4v) is 2.96. The summed E-state index contributed by atoms with van der Waals surface area (Å²) in [5.74, 6) is -0.756. The van der Waals surface area contributed by atoms with Crippen molar-refractivity contribution in [3.8, 4) is 5.75 Å². The summed E-state index contributed by atoms with van der Waals surface area (Å²) >= 11 is 1.24. The third kappa shape index (κ3) is 3.27.